The van der Waals surface area contributed by atoms with E-state index in [0.717, 1.165) is 0 Å². The molecule has 18 heavy (non-hydrogen) atoms. The van der Waals surface area contributed by atoms with Crippen molar-refractivity contribution in [3.63, 3.8) is 0 Å². The summed E-state index contributed by atoms with van der Waals surface area (Å²) >= 11 is 3.21. The third-order valence-electron chi connectivity index (χ3n) is 2.97. The quantitative estimate of drug-likeness (QED) is 0.652. The maximum Gasteiger partial charge on any atom is 0.293 e. The van der Waals surface area contributed by atoms with Gasteiger partial charge in [0.15, 0.2) is 0 Å². The van der Waals surface area contributed by atoms with Crippen LogP contribution < -0.4 is 5.32 Å². The van der Waals surface area contributed by atoms with Crippen LogP contribution in [-0.4, -0.2) is 47.2 Å². The third kappa shape index (κ3) is 2.80. The Kier molecular flexibility index (Phi) is 3.84. The summed E-state index contributed by atoms with van der Waals surface area (Å²) in [6.07, 6.45) is -0.516. The number of nitro groups is 1. The van der Waals surface area contributed by atoms with Crippen LogP contribution in [0, 0.1) is 10.1 Å². The standard InChI is InChI=1S/C11H14BrN3O3/c1-14-5-9(11(16)6-14)13-8-3-2-7(12)4-10(8)15(17)18/h2-4,9,11,13,16H,5-6H2,1H3/t9-,11+/m1/s1. The van der Waals surface area contributed by atoms with E-state index < -0.39 is 11.0 Å². The molecule has 1 heterocycles. The average molecular weight is 316 g/mol. The second-order valence-corrected chi connectivity index (χ2v) is 5.37. The minimum Gasteiger partial charge on any atom is -0.390 e. The summed E-state index contributed by atoms with van der Waals surface area (Å²) in [6, 6.07) is 4.65. The first-order valence-electron chi connectivity index (χ1n) is 5.54. The van der Waals surface area contributed by atoms with Gasteiger partial charge in [-0.2, -0.15) is 0 Å². The lowest BCUT2D eigenvalue weighted by Crippen LogP contribution is -2.32. The van der Waals surface area contributed by atoms with Crippen LogP contribution in [0.5, 0.6) is 0 Å². The van der Waals surface area contributed by atoms with Crippen LogP contribution in [-0.2, 0) is 0 Å². The third-order valence-corrected chi connectivity index (χ3v) is 3.46. The Hall–Kier alpha value is -1.18. The van der Waals surface area contributed by atoms with E-state index in [-0.39, 0.29) is 11.7 Å². The van der Waals surface area contributed by atoms with Crippen molar-refractivity contribution in [2.24, 2.45) is 0 Å². The van der Waals surface area contributed by atoms with Gasteiger partial charge in [0.2, 0.25) is 0 Å². The summed E-state index contributed by atoms with van der Waals surface area (Å²) in [5, 5.41) is 23.8. The van der Waals surface area contributed by atoms with E-state index in [1.54, 1.807) is 12.1 Å². The molecule has 0 radical (unpaired) electrons. The number of nitro benzene ring substituents is 1. The van der Waals surface area contributed by atoms with Crippen molar-refractivity contribution in [3.8, 4) is 0 Å². The zero-order chi connectivity index (χ0) is 13.3. The molecule has 7 heteroatoms. The van der Waals surface area contributed by atoms with Crippen LogP contribution in [0.3, 0.4) is 0 Å². The summed E-state index contributed by atoms with van der Waals surface area (Å²) in [5.41, 5.74) is 0.439. The van der Waals surface area contributed by atoms with Gasteiger partial charge >= 0.3 is 0 Å². The van der Waals surface area contributed by atoms with Gasteiger partial charge in [0.05, 0.1) is 17.1 Å². The Labute approximate surface area is 113 Å². The summed E-state index contributed by atoms with van der Waals surface area (Å²) < 4.78 is 0.656. The van der Waals surface area contributed by atoms with Crippen LogP contribution in [0.1, 0.15) is 0 Å². The normalized spacial score (nSPS) is 24.2. The van der Waals surface area contributed by atoms with Crippen LogP contribution in [0.15, 0.2) is 22.7 Å². The van der Waals surface area contributed by atoms with Gasteiger partial charge in [-0.15, -0.1) is 0 Å². The minimum absolute atomic E-state index is 0.00567. The first-order chi connectivity index (χ1) is 8.47. The summed E-state index contributed by atoms with van der Waals surface area (Å²) in [7, 11) is 1.90. The van der Waals surface area contributed by atoms with E-state index in [0.29, 0.717) is 23.2 Å². The SMILES string of the molecule is CN1C[C@H](O)[C@H](Nc2ccc(Br)cc2[N+](=O)[O-])C1. The summed E-state index contributed by atoms with van der Waals surface area (Å²) in [4.78, 5) is 12.5. The van der Waals surface area contributed by atoms with Crippen LogP contribution in [0.25, 0.3) is 0 Å². The number of nitrogens with one attached hydrogen (secondary N) is 1. The lowest BCUT2D eigenvalue weighted by molar-refractivity contribution is -0.384. The van der Waals surface area contributed by atoms with Crippen molar-refractivity contribution in [2.75, 3.05) is 25.5 Å². The predicted molar refractivity (Wildman–Crippen MR) is 71.7 cm³/mol. The number of rotatable bonds is 3. The van der Waals surface area contributed by atoms with Gasteiger partial charge in [-0.05, 0) is 19.2 Å². The number of aliphatic hydroxyl groups is 1. The molecule has 2 rings (SSSR count). The topological polar surface area (TPSA) is 78.6 Å². The van der Waals surface area contributed by atoms with Gasteiger partial charge in [-0.3, -0.25) is 10.1 Å². The molecule has 0 amide bonds. The number of benzene rings is 1. The Morgan fingerprint density at radius 1 is 1.56 bits per heavy atom. The van der Waals surface area contributed by atoms with Gasteiger partial charge in [0.1, 0.15) is 5.69 Å². The molecule has 6 nitrogen and oxygen atoms in total. The number of β-amino-alcohol motifs (C(OH)–C–C–N with tert-alkyl or cyclic N) is 1. The van der Waals surface area contributed by atoms with Gasteiger partial charge < -0.3 is 15.3 Å². The number of halogens is 1. The highest BCUT2D eigenvalue weighted by atomic mass is 79.9. The van der Waals surface area contributed by atoms with Crippen molar-refractivity contribution in [2.45, 2.75) is 12.1 Å². The highest BCUT2D eigenvalue weighted by molar-refractivity contribution is 9.10. The maximum atomic E-state index is 11.0. The second kappa shape index (κ2) is 5.21. The molecule has 0 unspecified atom stereocenters. The summed E-state index contributed by atoms with van der Waals surface area (Å²) in [6.45, 7) is 1.23. The van der Waals surface area contributed by atoms with Crippen molar-refractivity contribution in [1.29, 1.82) is 0 Å². The Morgan fingerprint density at radius 3 is 2.83 bits per heavy atom. The molecular formula is C11H14BrN3O3. The maximum absolute atomic E-state index is 11.0. The van der Waals surface area contributed by atoms with E-state index in [9.17, 15) is 15.2 Å². The van der Waals surface area contributed by atoms with Crippen LogP contribution >= 0.6 is 15.9 Å². The molecule has 0 aromatic heterocycles. The van der Waals surface area contributed by atoms with Gasteiger partial charge in [0.25, 0.3) is 5.69 Å². The van der Waals surface area contributed by atoms with Gasteiger partial charge in [0, 0.05) is 23.6 Å². The molecular weight excluding hydrogens is 302 g/mol. The van der Waals surface area contributed by atoms with E-state index in [2.05, 4.69) is 21.2 Å². The lowest BCUT2D eigenvalue weighted by atomic mass is 10.2. The summed E-state index contributed by atoms with van der Waals surface area (Å²) in [5.74, 6) is 0. The largest absolute Gasteiger partial charge is 0.390 e. The smallest absolute Gasteiger partial charge is 0.293 e. The van der Waals surface area contributed by atoms with E-state index in [1.165, 1.54) is 6.07 Å². The fraction of sp³-hybridized carbons (Fsp3) is 0.455. The Bertz CT molecular complexity index is 469. The van der Waals surface area contributed by atoms with Crippen molar-refractivity contribution >= 4 is 27.3 Å². The number of aliphatic hydroxyl groups excluding tert-OH is 1. The Balaban J connectivity index is 2.21. The monoisotopic (exact) mass is 315 g/mol. The first kappa shape index (κ1) is 13.3. The molecule has 2 atom stereocenters. The number of nitrogens with zero attached hydrogens (tertiary/aromatic N) is 2. The fourth-order valence-corrected chi connectivity index (χ4v) is 2.45. The van der Waals surface area contributed by atoms with Crippen molar-refractivity contribution in [3.05, 3.63) is 32.8 Å². The number of likely N-dealkylation sites (tertiary alicyclic amines) is 1. The molecule has 0 saturated carbocycles. The number of likely N-dealkylation sites (N-methyl/N-ethyl adjacent to an activating group) is 1. The zero-order valence-electron chi connectivity index (χ0n) is 9.84. The van der Waals surface area contributed by atoms with E-state index in [4.69, 9.17) is 0 Å². The minimum atomic E-state index is -0.516. The van der Waals surface area contributed by atoms with Crippen LogP contribution in [0.2, 0.25) is 0 Å². The first-order valence-corrected chi connectivity index (χ1v) is 6.34. The molecule has 1 fully saturated rings. The lowest BCUT2D eigenvalue weighted by Gasteiger charge is -2.17. The Morgan fingerprint density at radius 2 is 2.28 bits per heavy atom. The molecule has 1 aromatic rings. The van der Waals surface area contributed by atoms with Crippen molar-refractivity contribution < 1.29 is 10.0 Å². The van der Waals surface area contributed by atoms with Crippen LogP contribution in [0.4, 0.5) is 11.4 Å². The number of hydrogen-bond acceptors (Lipinski definition) is 5. The molecule has 0 aliphatic carbocycles. The van der Waals surface area contributed by atoms with Crippen molar-refractivity contribution in [1.82, 2.24) is 4.90 Å². The molecule has 1 saturated heterocycles. The molecule has 1 aromatic carbocycles. The van der Waals surface area contributed by atoms with E-state index in [1.807, 2.05) is 11.9 Å². The highest BCUT2D eigenvalue weighted by Crippen LogP contribution is 2.29. The molecule has 0 bridgehead atoms. The second-order valence-electron chi connectivity index (χ2n) is 4.46. The predicted octanol–water partition coefficient (Wildman–Crippen LogP) is 1.44. The molecule has 0 spiro atoms. The van der Waals surface area contributed by atoms with Gasteiger partial charge in [-0.25, -0.2) is 0 Å². The average Bonchev–Trinajstić information content (AvgIpc) is 2.60. The highest BCUT2D eigenvalue weighted by Gasteiger charge is 2.30. The fourth-order valence-electron chi connectivity index (χ4n) is 2.10. The number of anilines is 1. The zero-order valence-corrected chi connectivity index (χ0v) is 11.4. The van der Waals surface area contributed by atoms with E-state index >= 15 is 0 Å². The molecule has 1 aliphatic rings. The molecule has 98 valence electrons. The molecule has 1 aliphatic heterocycles. The number of hydrogen-bond donors (Lipinski definition) is 2. The van der Waals surface area contributed by atoms with Gasteiger partial charge in [-0.1, -0.05) is 15.9 Å². The molecule has 2 N–H and O–H groups in total.